The smallest absolute Gasteiger partial charge is 0.339 e. The Morgan fingerprint density at radius 3 is 2.67 bits per heavy atom. The predicted octanol–water partition coefficient (Wildman–Crippen LogP) is 0.895. The van der Waals surface area contributed by atoms with Crippen molar-refractivity contribution >= 4 is 17.8 Å². The molecule has 2 heterocycles. The summed E-state index contributed by atoms with van der Waals surface area (Å²) < 4.78 is 4.92. The van der Waals surface area contributed by atoms with Gasteiger partial charge in [0.1, 0.15) is 5.82 Å². The van der Waals surface area contributed by atoms with Crippen molar-refractivity contribution in [1.29, 1.82) is 0 Å². The number of hydrogen-bond donors (Lipinski definition) is 2. The largest absolute Gasteiger partial charge is 0.462 e. The Bertz CT molecular complexity index is 495. The van der Waals surface area contributed by atoms with Gasteiger partial charge in [0.05, 0.1) is 12.2 Å². The van der Waals surface area contributed by atoms with E-state index in [0.29, 0.717) is 12.2 Å². The molecule has 3 N–H and O–H groups in total. The monoisotopic (exact) mass is 292 g/mol. The number of pyridine rings is 1. The molecule has 0 aliphatic carbocycles. The number of ether oxygens (including phenoxy) is 1. The van der Waals surface area contributed by atoms with Gasteiger partial charge in [0.15, 0.2) is 0 Å². The van der Waals surface area contributed by atoms with E-state index >= 15 is 0 Å². The van der Waals surface area contributed by atoms with Crippen LogP contribution in [0.4, 0.5) is 10.6 Å². The number of urea groups is 1. The number of amides is 2. The quantitative estimate of drug-likeness (QED) is 0.803. The maximum absolute atomic E-state index is 11.6. The summed E-state index contributed by atoms with van der Waals surface area (Å²) in [5.41, 5.74) is 5.57. The first-order valence-electron chi connectivity index (χ1n) is 7.04. The van der Waals surface area contributed by atoms with Crippen LogP contribution in [-0.2, 0) is 4.74 Å². The van der Waals surface area contributed by atoms with Crippen LogP contribution in [0.25, 0.3) is 0 Å². The number of anilines is 1. The first-order valence-corrected chi connectivity index (χ1v) is 7.04. The summed E-state index contributed by atoms with van der Waals surface area (Å²) in [4.78, 5) is 28.8. The fraction of sp³-hybridized carbons (Fsp3) is 0.500. The van der Waals surface area contributed by atoms with Crippen molar-refractivity contribution in [3.63, 3.8) is 0 Å². The topological polar surface area (TPSA) is 97.5 Å². The van der Waals surface area contributed by atoms with E-state index in [2.05, 4.69) is 15.2 Å². The van der Waals surface area contributed by atoms with Crippen molar-refractivity contribution in [2.45, 2.75) is 25.8 Å². The van der Waals surface area contributed by atoms with E-state index in [9.17, 15) is 9.59 Å². The first kappa shape index (κ1) is 15.1. The van der Waals surface area contributed by atoms with E-state index in [-0.39, 0.29) is 12.0 Å². The zero-order chi connectivity index (χ0) is 15.2. The minimum absolute atomic E-state index is 0.123. The molecule has 0 spiro atoms. The Kier molecular flexibility index (Phi) is 4.97. The lowest BCUT2D eigenvalue weighted by Gasteiger charge is -2.32. The van der Waals surface area contributed by atoms with Gasteiger partial charge in [-0.3, -0.25) is 0 Å². The van der Waals surface area contributed by atoms with Crippen molar-refractivity contribution in [2.75, 3.05) is 24.6 Å². The second-order valence-electron chi connectivity index (χ2n) is 4.90. The van der Waals surface area contributed by atoms with Crippen LogP contribution in [0.2, 0.25) is 0 Å². The molecule has 7 nitrogen and oxygen atoms in total. The van der Waals surface area contributed by atoms with Crippen molar-refractivity contribution in [3.05, 3.63) is 23.9 Å². The van der Waals surface area contributed by atoms with Gasteiger partial charge in [-0.2, -0.15) is 0 Å². The number of esters is 1. The number of nitrogens with one attached hydrogen (secondary N) is 1. The fourth-order valence-electron chi connectivity index (χ4n) is 2.36. The summed E-state index contributed by atoms with van der Waals surface area (Å²) in [5.74, 6) is 0.460. The molecule has 1 aromatic heterocycles. The number of aromatic nitrogens is 1. The highest BCUT2D eigenvalue weighted by Crippen LogP contribution is 2.18. The number of carbonyl (C=O) groups is 2. The second-order valence-corrected chi connectivity index (χ2v) is 4.90. The van der Waals surface area contributed by atoms with Crippen LogP contribution >= 0.6 is 0 Å². The van der Waals surface area contributed by atoms with E-state index in [1.807, 2.05) is 6.07 Å². The average molecular weight is 292 g/mol. The van der Waals surface area contributed by atoms with Gasteiger partial charge in [-0.25, -0.2) is 14.6 Å². The Hall–Kier alpha value is -2.31. The number of hydrogen-bond acceptors (Lipinski definition) is 5. The van der Waals surface area contributed by atoms with Crippen LogP contribution in [-0.4, -0.2) is 42.7 Å². The summed E-state index contributed by atoms with van der Waals surface area (Å²) in [5, 5.41) is 2.72. The third-order valence-corrected chi connectivity index (χ3v) is 3.42. The molecule has 21 heavy (non-hydrogen) atoms. The fourth-order valence-corrected chi connectivity index (χ4v) is 2.36. The lowest BCUT2D eigenvalue weighted by Crippen LogP contribution is -2.46. The maximum Gasteiger partial charge on any atom is 0.339 e. The van der Waals surface area contributed by atoms with E-state index in [0.717, 1.165) is 31.7 Å². The summed E-state index contributed by atoms with van der Waals surface area (Å²) in [7, 11) is 0. The molecule has 0 bridgehead atoms. The Morgan fingerprint density at radius 1 is 1.43 bits per heavy atom. The lowest BCUT2D eigenvalue weighted by atomic mass is 10.1. The van der Waals surface area contributed by atoms with Gasteiger partial charge in [-0.15, -0.1) is 0 Å². The number of carbonyl (C=O) groups excluding carboxylic acids is 2. The summed E-state index contributed by atoms with van der Waals surface area (Å²) in [6, 6.07) is 3.17. The number of nitrogens with zero attached hydrogens (tertiary/aromatic N) is 2. The van der Waals surface area contributed by atoms with Crippen LogP contribution < -0.4 is 16.0 Å². The molecule has 2 rings (SSSR count). The molecule has 1 fully saturated rings. The molecule has 1 aromatic rings. The SMILES string of the molecule is CCOC(=O)c1ccc(N2CCC(NC(N)=O)CC2)nc1. The molecule has 0 radical (unpaired) electrons. The highest BCUT2D eigenvalue weighted by molar-refractivity contribution is 5.89. The van der Waals surface area contributed by atoms with Crippen molar-refractivity contribution in [2.24, 2.45) is 5.73 Å². The van der Waals surface area contributed by atoms with Gasteiger partial charge in [0.25, 0.3) is 0 Å². The van der Waals surface area contributed by atoms with Gasteiger partial charge in [-0.05, 0) is 31.9 Å². The number of nitrogens with two attached hydrogens (primary N) is 1. The Balaban J connectivity index is 1.92. The standard InChI is InChI=1S/C14H20N4O3/c1-2-21-13(19)10-3-4-12(16-9-10)18-7-5-11(6-8-18)17-14(15)20/h3-4,9,11H,2,5-8H2,1H3,(H3,15,17,20). The minimum Gasteiger partial charge on any atom is -0.462 e. The van der Waals surface area contributed by atoms with Crippen LogP contribution in [0.15, 0.2) is 18.3 Å². The van der Waals surface area contributed by atoms with Gasteiger partial charge >= 0.3 is 12.0 Å². The molecule has 2 amide bonds. The van der Waals surface area contributed by atoms with Crippen LogP contribution in [0.3, 0.4) is 0 Å². The van der Waals surface area contributed by atoms with E-state index in [4.69, 9.17) is 10.5 Å². The van der Waals surface area contributed by atoms with Crippen molar-refractivity contribution in [3.8, 4) is 0 Å². The number of primary amides is 1. The molecular weight excluding hydrogens is 272 g/mol. The van der Waals surface area contributed by atoms with E-state index < -0.39 is 6.03 Å². The zero-order valence-corrected chi connectivity index (χ0v) is 12.0. The van der Waals surface area contributed by atoms with Gasteiger partial charge in [0.2, 0.25) is 0 Å². The lowest BCUT2D eigenvalue weighted by molar-refractivity contribution is 0.0526. The molecule has 7 heteroatoms. The third kappa shape index (κ3) is 4.08. The summed E-state index contributed by atoms with van der Waals surface area (Å²) in [6.45, 7) is 3.69. The Morgan fingerprint density at radius 2 is 2.14 bits per heavy atom. The predicted molar refractivity (Wildman–Crippen MR) is 78.1 cm³/mol. The average Bonchev–Trinajstić information content (AvgIpc) is 2.48. The second kappa shape index (κ2) is 6.92. The molecule has 0 atom stereocenters. The summed E-state index contributed by atoms with van der Waals surface area (Å²) >= 11 is 0. The van der Waals surface area contributed by atoms with E-state index in [1.54, 1.807) is 13.0 Å². The van der Waals surface area contributed by atoms with Gasteiger partial charge < -0.3 is 20.7 Å². The maximum atomic E-state index is 11.6. The van der Waals surface area contributed by atoms with Crippen LogP contribution in [0.5, 0.6) is 0 Å². The van der Waals surface area contributed by atoms with Gasteiger partial charge in [-0.1, -0.05) is 0 Å². The molecule has 1 aliphatic heterocycles. The first-order chi connectivity index (χ1) is 10.1. The Labute approximate surface area is 123 Å². The van der Waals surface area contributed by atoms with Crippen molar-refractivity contribution < 1.29 is 14.3 Å². The molecular formula is C14H20N4O3. The van der Waals surface area contributed by atoms with Crippen LogP contribution in [0, 0.1) is 0 Å². The molecule has 1 saturated heterocycles. The highest BCUT2D eigenvalue weighted by atomic mass is 16.5. The third-order valence-electron chi connectivity index (χ3n) is 3.42. The van der Waals surface area contributed by atoms with Crippen LogP contribution in [0.1, 0.15) is 30.1 Å². The molecule has 0 aromatic carbocycles. The number of rotatable bonds is 4. The zero-order valence-electron chi connectivity index (χ0n) is 12.0. The number of piperidine rings is 1. The molecule has 114 valence electrons. The molecule has 0 unspecified atom stereocenters. The summed E-state index contributed by atoms with van der Waals surface area (Å²) in [6.07, 6.45) is 3.18. The minimum atomic E-state index is -0.481. The molecule has 0 saturated carbocycles. The van der Waals surface area contributed by atoms with Crippen molar-refractivity contribution in [1.82, 2.24) is 10.3 Å². The molecule has 1 aliphatic rings. The van der Waals surface area contributed by atoms with E-state index in [1.165, 1.54) is 6.20 Å². The van der Waals surface area contributed by atoms with Gasteiger partial charge in [0, 0.05) is 25.3 Å². The highest BCUT2D eigenvalue weighted by Gasteiger charge is 2.21. The normalized spacial score (nSPS) is 15.6.